The zero-order valence-corrected chi connectivity index (χ0v) is 9.86. The number of ether oxygens (including phenoxy) is 1. The maximum absolute atomic E-state index is 11.5. The zero-order chi connectivity index (χ0) is 11.7. The van der Waals surface area contributed by atoms with Crippen molar-refractivity contribution in [1.29, 1.82) is 0 Å². The quantitative estimate of drug-likeness (QED) is 0.742. The van der Waals surface area contributed by atoms with E-state index in [9.17, 15) is 4.79 Å². The van der Waals surface area contributed by atoms with Crippen molar-refractivity contribution in [3.63, 3.8) is 0 Å². The lowest BCUT2D eigenvalue weighted by molar-refractivity contribution is -0.135. The van der Waals surface area contributed by atoms with Crippen molar-refractivity contribution in [3.05, 3.63) is 34.9 Å². The van der Waals surface area contributed by atoms with E-state index in [0.717, 1.165) is 5.56 Å². The molecule has 1 aromatic rings. The van der Waals surface area contributed by atoms with Gasteiger partial charge in [0.25, 0.3) is 0 Å². The molecular formula is C12H12ClNO2. The Bertz CT molecular complexity index is 454. The summed E-state index contributed by atoms with van der Waals surface area (Å²) in [5, 5.41) is 0.601. The van der Waals surface area contributed by atoms with Gasteiger partial charge in [-0.2, -0.15) is 0 Å². The smallest absolute Gasteiger partial charge is 0.338 e. The second-order valence-electron chi connectivity index (χ2n) is 4.05. The lowest BCUT2D eigenvalue weighted by Gasteiger charge is -2.04. The van der Waals surface area contributed by atoms with Gasteiger partial charge in [-0.1, -0.05) is 31.5 Å². The first kappa shape index (κ1) is 11.1. The van der Waals surface area contributed by atoms with Crippen molar-refractivity contribution in [1.82, 2.24) is 0 Å². The van der Waals surface area contributed by atoms with Crippen molar-refractivity contribution in [2.45, 2.75) is 19.9 Å². The van der Waals surface area contributed by atoms with E-state index in [1.165, 1.54) is 0 Å². The van der Waals surface area contributed by atoms with E-state index in [1.807, 2.05) is 19.9 Å². The van der Waals surface area contributed by atoms with Crippen LogP contribution in [0.1, 0.15) is 19.4 Å². The minimum absolute atomic E-state index is 0.143. The first-order valence-corrected chi connectivity index (χ1v) is 5.51. The van der Waals surface area contributed by atoms with Crippen LogP contribution in [0.5, 0.6) is 0 Å². The van der Waals surface area contributed by atoms with Gasteiger partial charge in [-0.25, -0.2) is 9.79 Å². The van der Waals surface area contributed by atoms with Gasteiger partial charge in [-0.3, -0.25) is 0 Å². The summed E-state index contributed by atoms with van der Waals surface area (Å²) in [7, 11) is 0. The summed E-state index contributed by atoms with van der Waals surface area (Å²) in [6.07, 6.45) is 0. The van der Waals surface area contributed by atoms with Gasteiger partial charge in [0.05, 0.1) is 0 Å². The van der Waals surface area contributed by atoms with Gasteiger partial charge >= 0.3 is 5.97 Å². The fourth-order valence-electron chi connectivity index (χ4n) is 1.54. The summed E-state index contributed by atoms with van der Waals surface area (Å²) in [6.45, 7) is 3.88. The number of esters is 1. The van der Waals surface area contributed by atoms with Crippen LogP contribution in [0, 0.1) is 5.92 Å². The number of cyclic esters (lactones) is 1. The molecular weight excluding hydrogens is 226 g/mol. The molecule has 0 radical (unpaired) electrons. The average molecular weight is 238 g/mol. The Morgan fingerprint density at radius 1 is 1.44 bits per heavy atom. The van der Waals surface area contributed by atoms with E-state index in [1.54, 1.807) is 18.2 Å². The summed E-state index contributed by atoms with van der Waals surface area (Å²) in [5.41, 5.74) is 0.740. The molecule has 3 nitrogen and oxygen atoms in total. The van der Waals surface area contributed by atoms with Gasteiger partial charge in [0.1, 0.15) is 0 Å². The van der Waals surface area contributed by atoms with Crippen LogP contribution in [0.4, 0.5) is 0 Å². The number of aliphatic imine (C=N–C) groups is 1. The van der Waals surface area contributed by atoms with Gasteiger partial charge in [-0.15, -0.1) is 0 Å². The molecule has 4 heteroatoms. The summed E-state index contributed by atoms with van der Waals surface area (Å²) in [4.78, 5) is 15.8. The van der Waals surface area contributed by atoms with Crippen LogP contribution >= 0.6 is 11.6 Å². The molecule has 0 saturated carbocycles. The lowest BCUT2D eigenvalue weighted by atomic mass is 10.1. The van der Waals surface area contributed by atoms with Crippen molar-refractivity contribution in [2.24, 2.45) is 10.9 Å². The molecule has 1 atom stereocenters. The molecule has 0 aliphatic carbocycles. The number of nitrogens with zero attached hydrogens (tertiary/aromatic N) is 1. The van der Waals surface area contributed by atoms with Crippen LogP contribution in [-0.2, 0) is 9.53 Å². The van der Waals surface area contributed by atoms with E-state index >= 15 is 0 Å². The van der Waals surface area contributed by atoms with E-state index in [0.29, 0.717) is 10.9 Å². The highest BCUT2D eigenvalue weighted by Gasteiger charge is 2.31. The Kier molecular flexibility index (Phi) is 2.97. The SMILES string of the molecule is CC(C)C1N=C(c2cccc(Cl)c2)OC1=O. The maximum Gasteiger partial charge on any atom is 0.338 e. The Morgan fingerprint density at radius 2 is 2.19 bits per heavy atom. The molecule has 1 aromatic carbocycles. The fourth-order valence-corrected chi connectivity index (χ4v) is 1.73. The number of benzene rings is 1. The van der Waals surface area contributed by atoms with Gasteiger partial charge in [0, 0.05) is 10.6 Å². The third-order valence-electron chi connectivity index (χ3n) is 2.40. The minimum atomic E-state index is -0.394. The molecule has 0 N–H and O–H groups in total. The first-order chi connectivity index (χ1) is 7.58. The summed E-state index contributed by atoms with van der Waals surface area (Å²) >= 11 is 5.86. The second kappa shape index (κ2) is 4.26. The minimum Gasteiger partial charge on any atom is -0.406 e. The number of carbonyl (C=O) groups excluding carboxylic acids is 1. The van der Waals surface area contributed by atoms with Crippen LogP contribution in [-0.4, -0.2) is 17.9 Å². The third-order valence-corrected chi connectivity index (χ3v) is 2.63. The highest BCUT2D eigenvalue weighted by molar-refractivity contribution is 6.31. The Hall–Kier alpha value is -1.35. The highest BCUT2D eigenvalue weighted by atomic mass is 35.5. The molecule has 16 heavy (non-hydrogen) atoms. The highest BCUT2D eigenvalue weighted by Crippen LogP contribution is 2.20. The van der Waals surface area contributed by atoms with Gasteiger partial charge in [0.15, 0.2) is 6.04 Å². The number of halogens is 1. The largest absolute Gasteiger partial charge is 0.406 e. The molecule has 1 unspecified atom stereocenters. The fraction of sp³-hybridized carbons (Fsp3) is 0.333. The van der Waals surface area contributed by atoms with Crippen molar-refractivity contribution < 1.29 is 9.53 Å². The molecule has 0 spiro atoms. The van der Waals surface area contributed by atoms with Crippen LogP contribution in [0.3, 0.4) is 0 Å². The number of hydrogen-bond donors (Lipinski definition) is 0. The monoisotopic (exact) mass is 237 g/mol. The first-order valence-electron chi connectivity index (χ1n) is 5.13. The average Bonchev–Trinajstić information content (AvgIpc) is 2.60. The Balaban J connectivity index is 2.30. The number of carbonyl (C=O) groups is 1. The molecule has 1 heterocycles. The second-order valence-corrected chi connectivity index (χ2v) is 4.49. The van der Waals surface area contributed by atoms with E-state index in [4.69, 9.17) is 16.3 Å². The normalized spacial score (nSPS) is 19.9. The Morgan fingerprint density at radius 3 is 2.75 bits per heavy atom. The van der Waals surface area contributed by atoms with Gasteiger partial charge in [0.2, 0.25) is 5.90 Å². The Labute approximate surface area is 99.1 Å². The molecule has 1 aliphatic rings. The summed E-state index contributed by atoms with van der Waals surface area (Å²) < 4.78 is 5.13. The van der Waals surface area contributed by atoms with E-state index in [2.05, 4.69) is 4.99 Å². The summed E-state index contributed by atoms with van der Waals surface area (Å²) in [6, 6.07) is 6.73. The molecule has 0 saturated heterocycles. The van der Waals surface area contributed by atoms with Gasteiger partial charge < -0.3 is 4.74 Å². The van der Waals surface area contributed by atoms with Crippen LogP contribution in [0.15, 0.2) is 29.3 Å². The summed E-state index contributed by atoms with van der Waals surface area (Å²) in [5.74, 6) is 0.223. The zero-order valence-electron chi connectivity index (χ0n) is 9.11. The predicted octanol–water partition coefficient (Wildman–Crippen LogP) is 2.67. The molecule has 0 bridgehead atoms. The van der Waals surface area contributed by atoms with Crippen molar-refractivity contribution in [3.8, 4) is 0 Å². The number of rotatable bonds is 2. The van der Waals surface area contributed by atoms with Crippen LogP contribution in [0.25, 0.3) is 0 Å². The van der Waals surface area contributed by atoms with Crippen LogP contribution in [0.2, 0.25) is 5.02 Å². The predicted molar refractivity (Wildman–Crippen MR) is 62.7 cm³/mol. The van der Waals surface area contributed by atoms with Crippen molar-refractivity contribution in [2.75, 3.05) is 0 Å². The molecule has 84 valence electrons. The topological polar surface area (TPSA) is 38.7 Å². The van der Waals surface area contributed by atoms with Gasteiger partial charge in [-0.05, 0) is 24.1 Å². The molecule has 0 amide bonds. The standard InChI is InChI=1S/C12H12ClNO2/c1-7(2)10-12(15)16-11(14-10)8-4-3-5-9(13)6-8/h3-7,10H,1-2H3. The maximum atomic E-state index is 11.5. The molecule has 0 aromatic heterocycles. The molecule has 2 rings (SSSR count). The van der Waals surface area contributed by atoms with E-state index < -0.39 is 6.04 Å². The number of hydrogen-bond acceptors (Lipinski definition) is 3. The molecule has 1 aliphatic heterocycles. The van der Waals surface area contributed by atoms with Crippen LogP contribution < -0.4 is 0 Å². The van der Waals surface area contributed by atoms with Crippen molar-refractivity contribution >= 4 is 23.5 Å². The lowest BCUT2D eigenvalue weighted by Crippen LogP contribution is -2.20. The molecule has 0 fully saturated rings. The van der Waals surface area contributed by atoms with E-state index in [-0.39, 0.29) is 11.9 Å². The third kappa shape index (κ3) is 2.09.